The molecule has 0 bridgehead atoms. The van der Waals surface area contributed by atoms with Crippen LogP contribution in [0.5, 0.6) is 0 Å². The zero-order valence-corrected chi connectivity index (χ0v) is 14.0. The topological polar surface area (TPSA) is 58.6 Å². The Balaban J connectivity index is 1.94. The molecule has 2 amide bonds. The molecule has 0 saturated carbocycles. The van der Waals surface area contributed by atoms with Crippen molar-refractivity contribution >= 4 is 35.2 Å². The van der Waals surface area contributed by atoms with E-state index in [1.54, 1.807) is 12.0 Å². The predicted molar refractivity (Wildman–Crippen MR) is 87.9 cm³/mol. The van der Waals surface area contributed by atoms with Crippen LogP contribution in [0.15, 0.2) is 24.3 Å². The van der Waals surface area contributed by atoms with Gasteiger partial charge in [0.25, 0.3) is 0 Å². The van der Waals surface area contributed by atoms with Gasteiger partial charge in [-0.05, 0) is 6.07 Å². The zero-order valence-electron chi connectivity index (χ0n) is 12.4. The van der Waals surface area contributed by atoms with Crippen LogP contribution in [0, 0.1) is 0 Å². The zero-order chi connectivity index (χ0) is 15.9. The third kappa shape index (κ3) is 4.38. The van der Waals surface area contributed by atoms with Gasteiger partial charge in [0.2, 0.25) is 11.8 Å². The van der Waals surface area contributed by atoms with E-state index < -0.39 is 0 Å². The fourth-order valence-corrected chi connectivity index (χ4v) is 3.79. The smallest absolute Gasteiger partial charge is 0.233 e. The first kappa shape index (κ1) is 17.1. The average molecular weight is 343 g/mol. The molecule has 0 radical (unpaired) electrons. The Morgan fingerprint density at radius 3 is 3.00 bits per heavy atom. The first-order valence-electron chi connectivity index (χ1n) is 7.04. The van der Waals surface area contributed by atoms with Gasteiger partial charge < -0.3 is 15.0 Å². The second-order valence-corrected chi connectivity index (χ2v) is 6.34. The van der Waals surface area contributed by atoms with Crippen LogP contribution in [0.3, 0.4) is 0 Å². The first-order valence-corrected chi connectivity index (χ1v) is 8.47. The van der Waals surface area contributed by atoms with E-state index in [-0.39, 0.29) is 23.6 Å². The van der Waals surface area contributed by atoms with Crippen LogP contribution in [0.1, 0.15) is 17.4 Å². The average Bonchev–Trinajstić information content (AvgIpc) is 2.87. The number of hydrogen-bond donors (Lipinski definition) is 1. The monoisotopic (exact) mass is 342 g/mol. The summed E-state index contributed by atoms with van der Waals surface area (Å²) in [6, 6.07) is 7.50. The van der Waals surface area contributed by atoms with E-state index in [0.29, 0.717) is 30.5 Å². The van der Waals surface area contributed by atoms with Crippen LogP contribution >= 0.6 is 23.4 Å². The summed E-state index contributed by atoms with van der Waals surface area (Å²) < 4.78 is 4.88. The second kappa shape index (κ2) is 8.41. The van der Waals surface area contributed by atoms with E-state index in [9.17, 15) is 9.59 Å². The molecule has 1 N–H and O–H groups in total. The van der Waals surface area contributed by atoms with Gasteiger partial charge >= 0.3 is 0 Å². The largest absolute Gasteiger partial charge is 0.383 e. The van der Waals surface area contributed by atoms with Crippen LogP contribution in [0.4, 0.5) is 0 Å². The van der Waals surface area contributed by atoms with Crippen molar-refractivity contribution in [2.75, 3.05) is 32.6 Å². The van der Waals surface area contributed by atoms with Gasteiger partial charge in [-0.25, -0.2) is 0 Å². The molecule has 7 heteroatoms. The van der Waals surface area contributed by atoms with E-state index >= 15 is 0 Å². The fraction of sp³-hybridized carbons (Fsp3) is 0.467. The third-order valence-corrected chi connectivity index (χ3v) is 4.93. The van der Waals surface area contributed by atoms with Crippen molar-refractivity contribution in [3.05, 3.63) is 34.9 Å². The quantitative estimate of drug-likeness (QED) is 0.771. The Morgan fingerprint density at radius 1 is 1.50 bits per heavy atom. The molecule has 1 atom stereocenters. The van der Waals surface area contributed by atoms with Crippen molar-refractivity contribution in [1.82, 2.24) is 10.2 Å². The van der Waals surface area contributed by atoms with Gasteiger partial charge in [0, 0.05) is 37.2 Å². The van der Waals surface area contributed by atoms with E-state index in [1.807, 2.05) is 24.3 Å². The highest BCUT2D eigenvalue weighted by Crippen LogP contribution is 2.41. The standard InChI is InChI=1S/C15H19ClN2O3S/c1-21-9-7-17-13(19)6-8-18-14(20)10-22-15(18)11-4-2-3-5-12(11)16/h2-5,15H,6-10H2,1H3,(H,17,19)/t15-/m0/s1. The molecule has 0 unspecified atom stereocenters. The number of amides is 2. The molecule has 0 spiro atoms. The van der Waals surface area contributed by atoms with Gasteiger partial charge in [-0.15, -0.1) is 11.8 Å². The number of methoxy groups -OCH3 is 1. The van der Waals surface area contributed by atoms with Crippen LogP contribution in [-0.4, -0.2) is 49.3 Å². The maximum Gasteiger partial charge on any atom is 0.233 e. The molecule has 0 aromatic heterocycles. The molecule has 5 nitrogen and oxygen atoms in total. The van der Waals surface area contributed by atoms with E-state index in [0.717, 1.165) is 5.56 Å². The van der Waals surface area contributed by atoms with Crippen LogP contribution in [0.2, 0.25) is 5.02 Å². The van der Waals surface area contributed by atoms with Crippen LogP contribution in [-0.2, 0) is 14.3 Å². The molecule has 1 heterocycles. The highest BCUT2D eigenvalue weighted by Gasteiger charge is 2.33. The number of ether oxygens (including phenoxy) is 1. The minimum atomic E-state index is -0.118. The number of nitrogens with zero attached hydrogens (tertiary/aromatic N) is 1. The minimum absolute atomic E-state index is 0.0413. The predicted octanol–water partition coefficient (Wildman–Crippen LogP) is 2.07. The van der Waals surface area contributed by atoms with Crippen LogP contribution < -0.4 is 5.32 Å². The van der Waals surface area contributed by atoms with Gasteiger partial charge in [-0.3, -0.25) is 9.59 Å². The number of benzene rings is 1. The number of hydrogen-bond acceptors (Lipinski definition) is 4. The number of carbonyl (C=O) groups is 2. The Hall–Kier alpha value is -1.24. The molecule has 1 saturated heterocycles. The van der Waals surface area contributed by atoms with Crippen molar-refractivity contribution in [3.63, 3.8) is 0 Å². The van der Waals surface area contributed by atoms with E-state index in [1.165, 1.54) is 11.8 Å². The first-order chi connectivity index (χ1) is 10.6. The molecule has 1 aromatic rings. The lowest BCUT2D eigenvalue weighted by Crippen LogP contribution is -2.34. The molecule has 1 aromatic carbocycles. The highest BCUT2D eigenvalue weighted by atomic mass is 35.5. The minimum Gasteiger partial charge on any atom is -0.383 e. The molecule has 1 fully saturated rings. The number of carbonyl (C=O) groups excluding carboxylic acids is 2. The highest BCUT2D eigenvalue weighted by molar-refractivity contribution is 8.00. The van der Waals surface area contributed by atoms with Crippen molar-refractivity contribution in [2.24, 2.45) is 0 Å². The van der Waals surface area contributed by atoms with Crippen molar-refractivity contribution in [3.8, 4) is 0 Å². The molecule has 0 aliphatic carbocycles. The molecule has 2 rings (SSSR count). The fourth-order valence-electron chi connectivity index (χ4n) is 2.23. The van der Waals surface area contributed by atoms with Crippen LogP contribution in [0.25, 0.3) is 0 Å². The van der Waals surface area contributed by atoms with Gasteiger partial charge in [-0.1, -0.05) is 29.8 Å². The summed E-state index contributed by atoms with van der Waals surface area (Å²) >= 11 is 7.76. The Kier molecular flexibility index (Phi) is 6.54. The normalized spacial score (nSPS) is 17.8. The molecule has 1 aliphatic rings. The Bertz CT molecular complexity index is 541. The number of thioether (sulfide) groups is 1. The Morgan fingerprint density at radius 2 is 2.27 bits per heavy atom. The molecule has 22 heavy (non-hydrogen) atoms. The molecular weight excluding hydrogens is 324 g/mol. The summed E-state index contributed by atoms with van der Waals surface area (Å²) in [6.07, 6.45) is 0.275. The maximum absolute atomic E-state index is 12.1. The lowest BCUT2D eigenvalue weighted by molar-refractivity contribution is -0.129. The summed E-state index contributed by atoms with van der Waals surface area (Å²) in [5, 5.41) is 3.28. The van der Waals surface area contributed by atoms with Gasteiger partial charge in [0.15, 0.2) is 0 Å². The SMILES string of the molecule is COCCNC(=O)CCN1C(=O)CS[C@H]1c1ccccc1Cl. The van der Waals surface area contributed by atoms with E-state index in [4.69, 9.17) is 16.3 Å². The summed E-state index contributed by atoms with van der Waals surface area (Å²) in [5.74, 6) is 0.375. The second-order valence-electron chi connectivity index (χ2n) is 4.86. The molecule has 120 valence electrons. The number of halogens is 1. The van der Waals surface area contributed by atoms with Gasteiger partial charge in [-0.2, -0.15) is 0 Å². The van der Waals surface area contributed by atoms with E-state index in [2.05, 4.69) is 5.32 Å². The summed E-state index contributed by atoms with van der Waals surface area (Å²) in [5.41, 5.74) is 0.916. The molecular formula is C15H19ClN2O3S. The summed E-state index contributed by atoms with van der Waals surface area (Å²) in [6.45, 7) is 1.35. The third-order valence-electron chi connectivity index (χ3n) is 3.35. The summed E-state index contributed by atoms with van der Waals surface area (Å²) in [4.78, 5) is 25.5. The Labute approximate surface area is 139 Å². The summed E-state index contributed by atoms with van der Waals surface area (Å²) in [7, 11) is 1.58. The number of rotatable bonds is 7. The van der Waals surface area contributed by atoms with Crippen molar-refractivity contribution in [2.45, 2.75) is 11.8 Å². The lowest BCUT2D eigenvalue weighted by atomic mass is 10.2. The van der Waals surface area contributed by atoms with Gasteiger partial charge in [0.1, 0.15) is 5.37 Å². The number of nitrogens with one attached hydrogen (secondary N) is 1. The van der Waals surface area contributed by atoms with Crippen molar-refractivity contribution in [1.29, 1.82) is 0 Å². The van der Waals surface area contributed by atoms with Crippen molar-refractivity contribution < 1.29 is 14.3 Å². The maximum atomic E-state index is 12.1. The molecule has 1 aliphatic heterocycles. The van der Waals surface area contributed by atoms with Gasteiger partial charge in [0.05, 0.1) is 12.4 Å². The lowest BCUT2D eigenvalue weighted by Gasteiger charge is -2.24.